The summed E-state index contributed by atoms with van der Waals surface area (Å²) in [5.74, 6) is 1.82. The molecule has 4 N–H and O–H groups in total. The van der Waals surface area contributed by atoms with Gasteiger partial charge in [-0.1, -0.05) is 0 Å². The summed E-state index contributed by atoms with van der Waals surface area (Å²) in [6, 6.07) is 2.49. The van der Waals surface area contributed by atoms with Crippen molar-refractivity contribution in [1.29, 1.82) is 0 Å². The Morgan fingerprint density at radius 3 is 2.44 bits per heavy atom. The van der Waals surface area contributed by atoms with Crippen molar-refractivity contribution in [2.45, 2.75) is 57.4 Å². The zero-order valence-electron chi connectivity index (χ0n) is 15.0. The first-order chi connectivity index (χ1) is 12.1. The molecule has 4 rings (SSSR count). The maximum Gasteiger partial charge on any atom is 0.220 e. The highest BCUT2D eigenvalue weighted by molar-refractivity contribution is 5.63. The minimum Gasteiger partial charge on any atom is -0.368 e. The number of nitrogens with zero attached hydrogens (tertiary/aromatic N) is 4. The van der Waals surface area contributed by atoms with Crippen molar-refractivity contribution >= 4 is 5.95 Å². The van der Waals surface area contributed by atoms with Crippen LogP contribution in [0.3, 0.4) is 0 Å². The van der Waals surface area contributed by atoms with E-state index in [1.54, 1.807) is 0 Å². The Hall–Kier alpha value is -1.95. The lowest BCUT2D eigenvalue weighted by Crippen LogP contribution is -2.27. The van der Waals surface area contributed by atoms with Gasteiger partial charge in [0.05, 0.1) is 11.9 Å². The minimum atomic E-state index is 0.362. The second-order valence-corrected chi connectivity index (χ2v) is 7.86. The molecular formula is C19H28N6. The Kier molecular flexibility index (Phi) is 4.46. The van der Waals surface area contributed by atoms with E-state index in [-0.39, 0.29) is 0 Å². The van der Waals surface area contributed by atoms with Gasteiger partial charge in [-0.2, -0.15) is 5.10 Å². The van der Waals surface area contributed by atoms with Crippen LogP contribution >= 0.6 is 0 Å². The van der Waals surface area contributed by atoms with Crippen LogP contribution in [0, 0.1) is 11.8 Å². The molecule has 0 radical (unpaired) electrons. The van der Waals surface area contributed by atoms with Gasteiger partial charge in [0.2, 0.25) is 5.95 Å². The Bertz CT molecular complexity index is 740. The summed E-state index contributed by atoms with van der Waals surface area (Å²) in [6.45, 7) is 0. The lowest BCUT2D eigenvalue weighted by Gasteiger charge is -2.25. The van der Waals surface area contributed by atoms with Gasteiger partial charge < -0.3 is 11.5 Å². The van der Waals surface area contributed by atoms with Crippen LogP contribution in [-0.4, -0.2) is 25.8 Å². The van der Waals surface area contributed by atoms with Gasteiger partial charge in [-0.05, 0) is 69.3 Å². The number of hydrogen-bond donors (Lipinski definition) is 2. The van der Waals surface area contributed by atoms with Gasteiger partial charge in [-0.3, -0.25) is 4.68 Å². The predicted molar refractivity (Wildman–Crippen MR) is 98.7 cm³/mol. The summed E-state index contributed by atoms with van der Waals surface area (Å²) in [6.07, 6.45) is 11.2. The van der Waals surface area contributed by atoms with Crippen LogP contribution in [0.5, 0.6) is 0 Å². The molecule has 2 fully saturated rings. The highest BCUT2D eigenvalue weighted by Crippen LogP contribution is 2.35. The average Bonchev–Trinajstić information content (AvgIpc) is 3.32. The summed E-state index contributed by atoms with van der Waals surface area (Å²) in [4.78, 5) is 8.99. The Morgan fingerprint density at radius 1 is 1.04 bits per heavy atom. The monoisotopic (exact) mass is 340 g/mol. The minimum absolute atomic E-state index is 0.362. The maximum atomic E-state index is 6.02. The highest BCUT2D eigenvalue weighted by Gasteiger charge is 2.26. The molecule has 0 unspecified atom stereocenters. The Morgan fingerprint density at radius 2 is 1.72 bits per heavy atom. The Labute approximate surface area is 149 Å². The van der Waals surface area contributed by atoms with E-state index in [1.165, 1.54) is 31.4 Å². The summed E-state index contributed by atoms with van der Waals surface area (Å²) in [7, 11) is 2.01. The van der Waals surface area contributed by atoms with Gasteiger partial charge in [0.1, 0.15) is 0 Å². The molecule has 0 bridgehead atoms. The zero-order valence-corrected chi connectivity index (χ0v) is 15.0. The molecule has 0 spiro atoms. The van der Waals surface area contributed by atoms with Crippen LogP contribution in [0.4, 0.5) is 5.95 Å². The van der Waals surface area contributed by atoms with E-state index >= 15 is 0 Å². The van der Waals surface area contributed by atoms with Crippen molar-refractivity contribution in [2.75, 3.05) is 5.73 Å². The van der Waals surface area contributed by atoms with Gasteiger partial charge in [0, 0.05) is 30.0 Å². The number of anilines is 1. The predicted octanol–water partition coefficient (Wildman–Crippen LogP) is 2.47. The van der Waals surface area contributed by atoms with Gasteiger partial charge >= 0.3 is 0 Å². The van der Waals surface area contributed by atoms with Crippen LogP contribution in [0.1, 0.15) is 49.9 Å². The first-order valence-corrected chi connectivity index (χ1v) is 9.48. The third-order valence-corrected chi connectivity index (χ3v) is 5.70. The number of hydrogen-bond acceptors (Lipinski definition) is 5. The van der Waals surface area contributed by atoms with Crippen molar-refractivity contribution in [1.82, 2.24) is 19.7 Å². The quantitative estimate of drug-likeness (QED) is 0.872. The molecule has 0 aromatic carbocycles. The topological polar surface area (TPSA) is 95.6 Å². The van der Waals surface area contributed by atoms with E-state index in [0.717, 1.165) is 48.6 Å². The first-order valence-electron chi connectivity index (χ1n) is 9.48. The lowest BCUT2D eigenvalue weighted by atomic mass is 9.83. The molecule has 0 aliphatic heterocycles. The normalized spacial score (nSPS) is 23.8. The molecule has 2 aromatic heterocycles. The number of aryl methyl sites for hydroxylation is 1. The molecule has 2 heterocycles. The fourth-order valence-electron chi connectivity index (χ4n) is 3.96. The summed E-state index contributed by atoms with van der Waals surface area (Å²) < 4.78 is 1.98. The van der Waals surface area contributed by atoms with Crippen LogP contribution in [0.15, 0.2) is 12.3 Å². The van der Waals surface area contributed by atoms with Crippen molar-refractivity contribution in [3.05, 3.63) is 23.7 Å². The van der Waals surface area contributed by atoms with E-state index in [2.05, 4.69) is 21.1 Å². The molecule has 2 aromatic rings. The third kappa shape index (κ3) is 3.84. The average molecular weight is 340 g/mol. The largest absolute Gasteiger partial charge is 0.368 e. The SMILES string of the molecule is Cn1ncc(-c2cc(CC3CCC(N)CC3)nc(N)n2)c1CC1CC1. The Balaban J connectivity index is 1.57. The van der Waals surface area contributed by atoms with E-state index in [9.17, 15) is 0 Å². The van der Waals surface area contributed by atoms with Crippen LogP contribution < -0.4 is 11.5 Å². The molecule has 0 amide bonds. The number of rotatable bonds is 5. The van der Waals surface area contributed by atoms with Crippen molar-refractivity contribution in [2.24, 2.45) is 24.6 Å². The van der Waals surface area contributed by atoms with E-state index in [0.29, 0.717) is 17.9 Å². The number of nitrogens with two attached hydrogens (primary N) is 2. The third-order valence-electron chi connectivity index (χ3n) is 5.70. The number of aromatic nitrogens is 4. The molecule has 0 atom stereocenters. The summed E-state index contributed by atoms with van der Waals surface area (Å²) in [5.41, 5.74) is 16.4. The van der Waals surface area contributed by atoms with Crippen LogP contribution in [0.25, 0.3) is 11.3 Å². The smallest absolute Gasteiger partial charge is 0.220 e. The first kappa shape index (κ1) is 16.5. The molecule has 25 heavy (non-hydrogen) atoms. The van der Waals surface area contributed by atoms with Crippen molar-refractivity contribution in [3.8, 4) is 11.3 Å². The van der Waals surface area contributed by atoms with Crippen LogP contribution in [-0.2, 0) is 19.9 Å². The van der Waals surface area contributed by atoms with Gasteiger partial charge in [-0.25, -0.2) is 9.97 Å². The standard InChI is InChI=1S/C19H28N6/c1-25-18(9-13-2-3-13)16(11-22-25)17-10-15(23-19(21)24-17)8-12-4-6-14(20)7-5-12/h10-14H,2-9,20H2,1H3,(H2,21,23,24). The van der Waals surface area contributed by atoms with Crippen molar-refractivity contribution in [3.63, 3.8) is 0 Å². The highest BCUT2D eigenvalue weighted by atomic mass is 15.3. The molecular weight excluding hydrogens is 312 g/mol. The molecule has 6 heteroatoms. The molecule has 6 nitrogen and oxygen atoms in total. The fraction of sp³-hybridized carbons (Fsp3) is 0.632. The van der Waals surface area contributed by atoms with E-state index < -0.39 is 0 Å². The molecule has 0 saturated heterocycles. The van der Waals surface area contributed by atoms with Crippen LogP contribution in [0.2, 0.25) is 0 Å². The van der Waals surface area contributed by atoms with Gasteiger partial charge in [-0.15, -0.1) is 0 Å². The van der Waals surface area contributed by atoms with Gasteiger partial charge in [0.15, 0.2) is 0 Å². The van der Waals surface area contributed by atoms with E-state index in [4.69, 9.17) is 11.5 Å². The van der Waals surface area contributed by atoms with Crippen molar-refractivity contribution < 1.29 is 0 Å². The second kappa shape index (κ2) is 6.75. The van der Waals surface area contributed by atoms with E-state index in [1.807, 2.05) is 17.9 Å². The fourth-order valence-corrected chi connectivity index (χ4v) is 3.96. The summed E-state index contributed by atoms with van der Waals surface area (Å²) >= 11 is 0. The molecule has 2 aliphatic rings. The van der Waals surface area contributed by atoms with Gasteiger partial charge in [0.25, 0.3) is 0 Å². The molecule has 2 saturated carbocycles. The maximum absolute atomic E-state index is 6.02. The number of nitrogen functional groups attached to an aromatic ring is 1. The summed E-state index contributed by atoms with van der Waals surface area (Å²) in [5, 5.41) is 4.46. The molecule has 2 aliphatic carbocycles. The molecule has 134 valence electrons. The second-order valence-electron chi connectivity index (χ2n) is 7.86. The lowest BCUT2D eigenvalue weighted by molar-refractivity contribution is 0.323. The zero-order chi connectivity index (χ0) is 17.4.